The van der Waals surface area contributed by atoms with E-state index < -0.39 is 0 Å². The molecule has 6 nitrogen and oxygen atoms in total. The van der Waals surface area contributed by atoms with Crippen LogP contribution in [0.1, 0.15) is 45.1 Å². The van der Waals surface area contributed by atoms with Crippen LogP contribution in [0.2, 0.25) is 0 Å². The summed E-state index contributed by atoms with van der Waals surface area (Å²) in [6, 6.07) is 9.52. The summed E-state index contributed by atoms with van der Waals surface area (Å²) in [5.41, 5.74) is 0. The summed E-state index contributed by atoms with van der Waals surface area (Å²) in [5, 5.41) is 7.24. The zero-order chi connectivity index (χ0) is 17.5. The Morgan fingerprint density at radius 3 is 2.52 bits per heavy atom. The number of ether oxygens (including phenoxy) is 2. The Morgan fingerprint density at radius 2 is 1.84 bits per heavy atom. The highest BCUT2D eigenvalue weighted by Gasteiger charge is 2.20. The average molecular weight is 343 g/mol. The molecule has 2 aromatic rings. The summed E-state index contributed by atoms with van der Waals surface area (Å²) in [6.07, 6.45) is 7.37. The Morgan fingerprint density at radius 1 is 1.16 bits per heavy atom. The number of aromatic nitrogens is 2. The molecule has 1 aromatic heterocycles. The molecule has 0 aliphatic heterocycles. The SMILES string of the molecule is CCCOc1ccc(OCC(=O)Nc2ccnn2C2CCCC2)cc1. The number of nitrogens with one attached hydrogen (secondary N) is 1. The van der Waals surface area contributed by atoms with E-state index in [1.807, 2.05) is 22.9 Å². The predicted octanol–water partition coefficient (Wildman–Crippen LogP) is 3.80. The van der Waals surface area contributed by atoms with Crippen LogP contribution < -0.4 is 14.8 Å². The van der Waals surface area contributed by atoms with Crippen molar-refractivity contribution in [3.8, 4) is 11.5 Å². The number of carbonyl (C=O) groups excluding carboxylic acids is 1. The Bertz CT molecular complexity index is 675. The van der Waals surface area contributed by atoms with E-state index in [1.165, 1.54) is 12.8 Å². The van der Waals surface area contributed by atoms with Gasteiger partial charge in [-0.3, -0.25) is 4.79 Å². The van der Waals surface area contributed by atoms with Gasteiger partial charge in [-0.2, -0.15) is 5.10 Å². The van der Waals surface area contributed by atoms with Crippen molar-refractivity contribution < 1.29 is 14.3 Å². The molecule has 1 aromatic carbocycles. The summed E-state index contributed by atoms with van der Waals surface area (Å²) < 4.78 is 13.0. The highest BCUT2D eigenvalue weighted by atomic mass is 16.5. The lowest BCUT2D eigenvalue weighted by Crippen LogP contribution is -2.23. The van der Waals surface area contributed by atoms with E-state index in [0.29, 0.717) is 18.4 Å². The number of carbonyl (C=O) groups is 1. The van der Waals surface area contributed by atoms with Crippen molar-refractivity contribution in [3.63, 3.8) is 0 Å². The number of benzene rings is 1. The van der Waals surface area contributed by atoms with Gasteiger partial charge in [0, 0.05) is 6.07 Å². The normalized spacial score (nSPS) is 14.4. The average Bonchev–Trinajstić information content (AvgIpc) is 3.30. The maximum absolute atomic E-state index is 12.2. The Kier molecular flexibility index (Phi) is 5.93. The molecule has 1 N–H and O–H groups in total. The summed E-state index contributed by atoms with van der Waals surface area (Å²) in [5.74, 6) is 2.00. The fraction of sp³-hybridized carbons (Fsp3) is 0.474. The van der Waals surface area contributed by atoms with Crippen LogP contribution in [0.5, 0.6) is 11.5 Å². The van der Waals surface area contributed by atoms with Gasteiger partial charge in [-0.15, -0.1) is 0 Å². The molecule has 6 heteroatoms. The molecule has 0 unspecified atom stereocenters. The number of hydrogen-bond donors (Lipinski definition) is 1. The van der Waals surface area contributed by atoms with Gasteiger partial charge in [-0.25, -0.2) is 4.68 Å². The van der Waals surface area contributed by atoms with E-state index in [1.54, 1.807) is 18.3 Å². The van der Waals surface area contributed by atoms with Gasteiger partial charge in [0.15, 0.2) is 6.61 Å². The molecule has 1 saturated carbocycles. The molecular formula is C19H25N3O3. The lowest BCUT2D eigenvalue weighted by molar-refractivity contribution is -0.118. The van der Waals surface area contributed by atoms with Crippen molar-refractivity contribution >= 4 is 11.7 Å². The number of hydrogen-bond acceptors (Lipinski definition) is 4. The Balaban J connectivity index is 1.49. The number of rotatable bonds is 8. The van der Waals surface area contributed by atoms with Crippen molar-refractivity contribution in [1.82, 2.24) is 9.78 Å². The van der Waals surface area contributed by atoms with Crippen molar-refractivity contribution in [2.45, 2.75) is 45.1 Å². The second-order valence-electron chi connectivity index (χ2n) is 6.26. The van der Waals surface area contributed by atoms with Crippen molar-refractivity contribution in [1.29, 1.82) is 0 Å². The highest BCUT2D eigenvalue weighted by molar-refractivity contribution is 5.91. The standard InChI is InChI=1S/C19H25N3O3/c1-2-13-24-16-7-9-17(10-8-16)25-14-19(23)21-18-11-12-20-22(18)15-5-3-4-6-15/h7-12,15H,2-6,13-14H2,1H3,(H,21,23). The van der Waals surface area contributed by atoms with Gasteiger partial charge in [-0.1, -0.05) is 19.8 Å². The largest absolute Gasteiger partial charge is 0.494 e. The fourth-order valence-corrected chi connectivity index (χ4v) is 3.03. The minimum absolute atomic E-state index is 0.0367. The highest BCUT2D eigenvalue weighted by Crippen LogP contribution is 2.31. The van der Waals surface area contributed by atoms with E-state index >= 15 is 0 Å². The number of anilines is 1. The second kappa shape index (κ2) is 8.55. The molecule has 134 valence electrons. The van der Waals surface area contributed by atoms with Gasteiger partial charge >= 0.3 is 0 Å². The molecular weight excluding hydrogens is 318 g/mol. The first kappa shape index (κ1) is 17.3. The number of nitrogens with zero attached hydrogens (tertiary/aromatic N) is 2. The van der Waals surface area contributed by atoms with Crippen LogP contribution >= 0.6 is 0 Å². The topological polar surface area (TPSA) is 65.4 Å². The zero-order valence-electron chi connectivity index (χ0n) is 14.6. The van der Waals surface area contributed by atoms with Crippen molar-refractivity contribution in [3.05, 3.63) is 36.5 Å². The smallest absolute Gasteiger partial charge is 0.263 e. The van der Waals surface area contributed by atoms with Crippen LogP contribution in [0.15, 0.2) is 36.5 Å². The van der Waals surface area contributed by atoms with Gasteiger partial charge in [0.2, 0.25) is 0 Å². The molecule has 0 atom stereocenters. The molecule has 0 radical (unpaired) electrons. The first-order valence-electron chi connectivity index (χ1n) is 8.95. The fourth-order valence-electron chi connectivity index (χ4n) is 3.03. The van der Waals surface area contributed by atoms with E-state index in [-0.39, 0.29) is 12.5 Å². The van der Waals surface area contributed by atoms with Gasteiger partial charge in [0.25, 0.3) is 5.91 Å². The molecule has 1 heterocycles. The molecule has 0 spiro atoms. The second-order valence-corrected chi connectivity index (χ2v) is 6.26. The summed E-state index contributed by atoms with van der Waals surface area (Å²) >= 11 is 0. The molecule has 0 saturated heterocycles. The van der Waals surface area contributed by atoms with Gasteiger partial charge in [0.1, 0.15) is 17.3 Å². The van der Waals surface area contributed by atoms with Gasteiger partial charge < -0.3 is 14.8 Å². The Hall–Kier alpha value is -2.50. The van der Waals surface area contributed by atoms with Crippen molar-refractivity contribution in [2.24, 2.45) is 0 Å². The first-order valence-corrected chi connectivity index (χ1v) is 8.95. The minimum atomic E-state index is -0.189. The summed E-state index contributed by atoms with van der Waals surface area (Å²) in [7, 11) is 0. The monoisotopic (exact) mass is 343 g/mol. The molecule has 1 fully saturated rings. The number of amides is 1. The van der Waals surface area contributed by atoms with E-state index in [9.17, 15) is 4.79 Å². The quantitative estimate of drug-likeness (QED) is 0.792. The van der Waals surface area contributed by atoms with Crippen molar-refractivity contribution in [2.75, 3.05) is 18.5 Å². The summed E-state index contributed by atoms with van der Waals surface area (Å²) in [6.45, 7) is 2.72. The van der Waals surface area contributed by atoms with E-state index in [4.69, 9.17) is 9.47 Å². The third-order valence-electron chi connectivity index (χ3n) is 4.27. The third kappa shape index (κ3) is 4.75. The van der Waals surface area contributed by atoms with Gasteiger partial charge in [0.05, 0.1) is 18.8 Å². The lowest BCUT2D eigenvalue weighted by atomic mass is 10.2. The maximum atomic E-state index is 12.2. The van der Waals surface area contributed by atoms with Crippen LogP contribution in [-0.2, 0) is 4.79 Å². The van der Waals surface area contributed by atoms with Crippen LogP contribution in [0, 0.1) is 0 Å². The van der Waals surface area contributed by atoms with Crippen LogP contribution in [0.25, 0.3) is 0 Å². The molecule has 25 heavy (non-hydrogen) atoms. The molecule has 1 aliphatic carbocycles. The first-order chi connectivity index (χ1) is 12.3. The third-order valence-corrected chi connectivity index (χ3v) is 4.27. The molecule has 0 bridgehead atoms. The molecule has 1 aliphatic rings. The van der Waals surface area contributed by atoms with E-state index in [0.717, 1.165) is 30.8 Å². The molecule has 3 rings (SSSR count). The summed E-state index contributed by atoms with van der Waals surface area (Å²) in [4.78, 5) is 12.2. The Labute approximate surface area is 148 Å². The predicted molar refractivity (Wildman–Crippen MR) is 96.1 cm³/mol. The van der Waals surface area contributed by atoms with Crippen LogP contribution in [0.4, 0.5) is 5.82 Å². The maximum Gasteiger partial charge on any atom is 0.263 e. The van der Waals surface area contributed by atoms with Gasteiger partial charge in [-0.05, 0) is 43.5 Å². The van der Waals surface area contributed by atoms with E-state index in [2.05, 4.69) is 17.3 Å². The molecule has 1 amide bonds. The van der Waals surface area contributed by atoms with Crippen LogP contribution in [0.3, 0.4) is 0 Å². The van der Waals surface area contributed by atoms with Crippen LogP contribution in [-0.4, -0.2) is 28.9 Å². The zero-order valence-corrected chi connectivity index (χ0v) is 14.6. The minimum Gasteiger partial charge on any atom is -0.494 e. The lowest BCUT2D eigenvalue weighted by Gasteiger charge is -2.15.